The Kier molecular flexibility index (Phi) is 24.2. The van der Waals surface area contributed by atoms with Gasteiger partial charge in [0.15, 0.2) is 0 Å². The lowest BCUT2D eigenvalue weighted by Crippen LogP contribution is -2.27. The van der Waals surface area contributed by atoms with Crippen molar-refractivity contribution in [3.8, 4) is 0 Å². The van der Waals surface area contributed by atoms with E-state index < -0.39 is 15.1 Å². The zero-order valence-electron chi connectivity index (χ0n) is 13.9. The molecule has 0 bridgehead atoms. The van der Waals surface area contributed by atoms with Crippen molar-refractivity contribution in [2.45, 2.75) is 72.3 Å². The molecule has 0 aliphatic heterocycles. The highest BCUT2D eigenvalue weighted by atomic mass is 28.1. The first kappa shape index (κ1) is 21.9. The zero-order valence-corrected chi connectivity index (χ0v) is 17.0. The van der Waals surface area contributed by atoms with Crippen LogP contribution >= 0.6 is 0 Å². The van der Waals surface area contributed by atoms with Gasteiger partial charge in [0.25, 0.3) is 0 Å². The molecule has 0 amide bonds. The number of unbranched alkanes of at least 4 members (excludes halogenated alkanes) is 5. The second kappa shape index (κ2) is 20.9. The molecule has 0 saturated heterocycles. The van der Waals surface area contributed by atoms with Crippen LogP contribution in [-0.2, 0) is 11.4 Å². The molecule has 0 aliphatic rings. The van der Waals surface area contributed by atoms with Gasteiger partial charge in [-0.3, -0.25) is 0 Å². The Bertz CT molecular complexity index is 130. The summed E-state index contributed by atoms with van der Waals surface area (Å²) in [6, 6.07) is 1.51. The van der Waals surface area contributed by atoms with Gasteiger partial charge in [0, 0.05) is 30.1 Å². The second-order valence-corrected chi connectivity index (χ2v) is 7.00. The van der Waals surface area contributed by atoms with Crippen LogP contribution in [0.1, 0.15) is 66.2 Å². The molecule has 0 aliphatic carbocycles. The minimum atomic E-state index is -1.73. The number of hydrogen-bond donors (Lipinski definition) is 0. The van der Waals surface area contributed by atoms with E-state index in [1.54, 1.807) is 0 Å². The SMILES string of the molecule is CCCCCCCC[SiH3].CC[O][Al]([O]CC)[O]CC. The van der Waals surface area contributed by atoms with Crippen LogP contribution in [-0.4, -0.2) is 45.2 Å². The van der Waals surface area contributed by atoms with E-state index in [1.165, 1.54) is 54.8 Å². The maximum absolute atomic E-state index is 5.22. The topological polar surface area (TPSA) is 27.7 Å². The molecule has 0 unspecified atom stereocenters. The minimum Gasteiger partial charge on any atom is -0.455 e. The average Bonchev–Trinajstić information content (AvgIpc) is 2.40. The molecule has 116 valence electrons. The molecule has 0 heterocycles. The summed E-state index contributed by atoms with van der Waals surface area (Å²) in [5, 5.41) is 0. The Morgan fingerprint density at radius 2 is 1.11 bits per heavy atom. The molecule has 0 rings (SSSR count). The lowest BCUT2D eigenvalue weighted by Gasteiger charge is -2.08. The summed E-state index contributed by atoms with van der Waals surface area (Å²) in [7, 11) is 1.41. The van der Waals surface area contributed by atoms with Crippen molar-refractivity contribution < 1.29 is 11.4 Å². The normalized spacial score (nSPS) is 10.1. The van der Waals surface area contributed by atoms with E-state index in [0.29, 0.717) is 19.8 Å². The standard InChI is InChI=1S/C8H20Si.3C2H5O.Al/c1-2-3-4-5-6-7-8-9;3*1-2-3;/h2-8H2,1,9H3;3*2H2,1H3;/q;3*-1;+3. The van der Waals surface area contributed by atoms with Gasteiger partial charge < -0.3 is 11.4 Å². The van der Waals surface area contributed by atoms with Gasteiger partial charge in [-0.15, -0.1) is 0 Å². The third-order valence-corrected chi connectivity index (χ3v) is 5.14. The third kappa shape index (κ3) is 21.1. The van der Waals surface area contributed by atoms with Gasteiger partial charge in [-0.1, -0.05) is 51.5 Å². The van der Waals surface area contributed by atoms with E-state index in [1.807, 2.05) is 20.8 Å². The largest absolute Gasteiger partial charge is 0.905 e. The Morgan fingerprint density at radius 3 is 1.47 bits per heavy atom. The monoisotopic (exact) mass is 306 g/mol. The van der Waals surface area contributed by atoms with Crippen LogP contribution in [0.4, 0.5) is 0 Å². The van der Waals surface area contributed by atoms with E-state index in [2.05, 4.69) is 6.92 Å². The number of hydrogen-bond acceptors (Lipinski definition) is 3. The summed E-state index contributed by atoms with van der Waals surface area (Å²) >= 11 is -1.73. The maximum atomic E-state index is 5.22. The Balaban J connectivity index is 0. The van der Waals surface area contributed by atoms with Crippen molar-refractivity contribution in [2.24, 2.45) is 0 Å². The predicted octanol–water partition coefficient (Wildman–Crippen LogP) is 3.21. The predicted molar refractivity (Wildman–Crippen MR) is 88.8 cm³/mol. The first-order valence-electron chi connectivity index (χ1n) is 8.11. The van der Waals surface area contributed by atoms with E-state index >= 15 is 0 Å². The molecule has 5 heteroatoms. The molecular weight excluding hydrogens is 271 g/mol. The highest BCUT2D eigenvalue weighted by Crippen LogP contribution is 2.05. The molecule has 0 aromatic rings. The van der Waals surface area contributed by atoms with Gasteiger partial charge in [-0.25, -0.2) is 0 Å². The van der Waals surface area contributed by atoms with Crippen LogP contribution in [0.3, 0.4) is 0 Å². The Labute approximate surface area is 129 Å². The molecule has 0 aromatic heterocycles. The lowest BCUT2D eigenvalue weighted by molar-refractivity contribution is 0.107. The van der Waals surface area contributed by atoms with Crippen LogP contribution in [0.2, 0.25) is 6.04 Å². The second-order valence-electron chi connectivity index (χ2n) is 4.42. The van der Waals surface area contributed by atoms with Crippen LogP contribution in [0, 0.1) is 0 Å². The molecule has 0 radical (unpaired) electrons. The molecule has 19 heavy (non-hydrogen) atoms. The minimum absolute atomic E-state index is 0.677. The molecule has 0 N–H and O–H groups in total. The van der Waals surface area contributed by atoms with Gasteiger partial charge >= 0.3 is 15.1 Å². The summed E-state index contributed by atoms with van der Waals surface area (Å²) in [6.45, 7) is 10.1. The fourth-order valence-corrected chi connectivity index (χ4v) is 3.19. The zero-order chi connectivity index (χ0) is 14.8. The van der Waals surface area contributed by atoms with Crippen molar-refractivity contribution in [3.05, 3.63) is 0 Å². The van der Waals surface area contributed by atoms with Crippen LogP contribution in [0.5, 0.6) is 0 Å². The summed E-state index contributed by atoms with van der Waals surface area (Å²) in [4.78, 5) is 0. The van der Waals surface area contributed by atoms with E-state index in [0.717, 1.165) is 0 Å². The molecule has 3 nitrogen and oxygen atoms in total. The van der Waals surface area contributed by atoms with Crippen LogP contribution < -0.4 is 0 Å². The van der Waals surface area contributed by atoms with Crippen molar-refractivity contribution in [3.63, 3.8) is 0 Å². The van der Waals surface area contributed by atoms with Crippen LogP contribution in [0.15, 0.2) is 0 Å². The van der Waals surface area contributed by atoms with Gasteiger partial charge in [0.05, 0.1) is 0 Å². The highest BCUT2D eigenvalue weighted by Gasteiger charge is 2.28. The molecular formula is C14H35AlO3Si. The lowest BCUT2D eigenvalue weighted by atomic mass is 10.1. The first-order chi connectivity index (χ1) is 9.26. The summed E-state index contributed by atoms with van der Waals surface area (Å²) in [5.74, 6) is 0. The third-order valence-electron chi connectivity index (χ3n) is 2.62. The van der Waals surface area contributed by atoms with E-state index in [4.69, 9.17) is 11.4 Å². The maximum Gasteiger partial charge on any atom is 0.905 e. The van der Waals surface area contributed by atoms with E-state index in [-0.39, 0.29) is 0 Å². The Hall–Kier alpha value is 0.629. The van der Waals surface area contributed by atoms with Gasteiger partial charge in [-0.2, -0.15) is 0 Å². The molecule has 0 aromatic carbocycles. The quantitative estimate of drug-likeness (QED) is 0.409. The smallest absolute Gasteiger partial charge is 0.455 e. The Morgan fingerprint density at radius 1 is 0.684 bits per heavy atom. The summed E-state index contributed by atoms with van der Waals surface area (Å²) in [5.41, 5.74) is 0. The van der Waals surface area contributed by atoms with E-state index in [9.17, 15) is 0 Å². The first-order valence-corrected chi connectivity index (χ1v) is 10.9. The fourth-order valence-electron chi connectivity index (χ4n) is 1.58. The van der Waals surface area contributed by atoms with Crippen molar-refractivity contribution in [1.29, 1.82) is 0 Å². The fraction of sp³-hybridized carbons (Fsp3) is 1.00. The number of rotatable bonds is 12. The van der Waals surface area contributed by atoms with Crippen LogP contribution in [0.25, 0.3) is 0 Å². The van der Waals surface area contributed by atoms with Crippen molar-refractivity contribution >= 4 is 25.4 Å². The van der Waals surface area contributed by atoms with Crippen molar-refractivity contribution in [2.75, 3.05) is 19.8 Å². The van der Waals surface area contributed by atoms with Gasteiger partial charge in [0.1, 0.15) is 0 Å². The average molecular weight is 306 g/mol. The highest BCUT2D eigenvalue weighted by molar-refractivity contribution is 6.36. The summed E-state index contributed by atoms with van der Waals surface area (Å²) in [6.07, 6.45) is 8.76. The summed E-state index contributed by atoms with van der Waals surface area (Å²) < 4.78 is 15.7. The molecule has 0 spiro atoms. The van der Waals surface area contributed by atoms with Gasteiger partial charge in [-0.05, 0) is 20.8 Å². The molecule has 0 atom stereocenters. The van der Waals surface area contributed by atoms with Gasteiger partial charge in [0.2, 0.25) is 0 Å². The molecule has 0 saturated carbocycles. The molecule has 0 fully saturated rings. The van der Waals surface area contributed by atoms with Crippen molar-refractivity contribution in [1.82, 2.24) is 0 Å².